The molecule has 2 heterocycles. The van der Waals surface area contributed by atoms with E-state index in [9.17, 15) is 0 Å². The third kappa shape index (κ3) is 4.86. The zero-order valence-electron chi connectivity index (χ0n) is 28.8. The summed E-state index contributed by atoms with van der Waals surface area (Å²) in [5, 5.41) is 10.2. The highest BCUT2D eigenvalue weighted by molar-refractivity contribution is 7.25. The van der Waals surface area contributed by atoms with Gasteiger partial charge in [-0.1, -0.05) is 115 Å². The zero-order chi connectivity index (χ0) is 34.9. The Labute approximate surface area is 311 Å². The molecule has 0 atom stereocenters. The van der Waals surface area contributed by atoms with Crippen molar-refractivity contribution in [3.8, 4) is 16.8 Å². The van der Waals surface area contributed by atoms with Gasteiger partial charge in [0.15, 0.2) is 0 Å². The number of aromatic nitrogens is 1. The topological polar surface area (TPSA) is 8.17 Å². The van der Waals surface area contributed by atoms with Crippen LogP contribution in [-0.2, 0) is 0 Å². The summed E-state index contributed by atoms with van der Waals surface area (Å²) in [6, 6.07) is 71.0. The molecule has 11 rings (SSSR count). The Morgan fingerprint density at radius 1 is 0.358 bits per heavy atom. The van der Waals surface area contributed by atoms with Gasteiger partial charge in [-0.05, 0) is 112 Å². The minimum absolute atomic E-state index is 1.11. The number of thiophene rings is 1. The smallest absolute Gasteiger partial charge is 0.0547 e. The Morgan fingerprint density at radius 3 is 1.79 bits per heavy atom. The lowest BCUT2D eigenvalue weighted by atomic mass is 10.0. The summed E-state index contributed by atoms with van der Waals surface area (Å²) in [4.78, 5) is 2.39. The molecule has 0 N–H and O–H groups in total. The average molecular weight is 693 g/mol. The second kappa shape index (κ2) is 11.9. The third-order valence-corrected chi connectivity index (χ3v) is 11.9. The number of hydrogen-bond acceptors (Lipinski definition) is 2. The van der Waals surface area contributed by atoms with Crippen LogP contribution in [0, 0.1) is 0 Å². The van der Waals surface area contributed by atoms with Gasteiger partial charge in [-0.2, -0.15) is 0 Å². The quantitative estimate of drug-likeness (QED) is 0.174. The number of rotatable bonds is 5. The summed E-state index contributed by atoms with van der Waals surface area (Å²) in [5.41, 5.74) is 9.35. The summed E-state index contributed by atoms with van der Waals surface area (Å²) in [6.45, 7) is 0. The van der Waals surface area contributed by atoms with Crippen molar-refractivity contribution in [2.45, 2.75) is 0 Å². The van der Waals surface area contributed by atoms with Crippen molar-refractivity contribution in [2.24, 2.45) is 0 Å². The van der Waals surface area contributed by atoms with Gasteiger partial charge >= 0.3 is 0 Å². The van der Waals surface area contributed by atoms with Crippen LogP contribution >= 0.6 is 11.3 Å². The standard InChI is InChI=1S/C50H32N2S/c1-2-11-36-31-37(18-17-33(36)9-1)34-19-22-38(23-20-34)51(41-28-30-49-45(32-41)43-13-6-8-16-48(43)53-49)39-24-26-40(27-25-39)52-46-15-7-5-14-44(46)50-42-12-4-3-10-35(42)21-29-47(50)52/h1-32H. The van der Waals surface area contributed by atoms with Gasteiger partial charge in [-0.3, -0.25) is 0 Å². The van der Waals surface area contributed by atoms with Crippen LogP contribution in [0.5, 0.6) is 0 Å². The van der Waals surface area contributed by atoms with Crippen molar-refractivity contribution < 1.29 is 0 Å². The number of anilines is 3. The number of benzene rings is 9. The molecule has 0 amide bonds. The molecule has 0 aliphatic heterocycles. The van der Waals surface area contributed by atoms with Crippen molar-refractivity contribution in [3.63, 3.8) is 0 Å². The van der Waals surface area contributed by atoms with E-state index in [-0.39, 0.29) is 0 Å². The van der Waals surface area contributed by atoms with Crippen LogP contribution in [0.1, 0.15) is 0 Å². The highest BCUT2D eigenvalue weighted by atomic mass is 32.1. The summed E-state index contributed by atoms with van der Waals surface area (Å²) in [6.07, 6.45) is 0. The molecule has 0 spiro atoms. The fraction of sp³-hybridized carbons (Fsp3) is 0. The second-order valence-electron chi connectivity index (χ2n) is 13.8. The van der Waals surface area contributed by atoms with Crippen LogP contribution in [0.3, 0.4) is 0 Å². The first-order valence-electron chi connectivity index (χ1n) is 18.1. The molecule has 0 aliphatic rings. The van der Waals surface area contributed by atoms with E-state index >= 15 is 0 Å². The van der Waals surface area contributed by atoms with Crippen LogP contribution in [0.2, 0.25) is 0 Å². The third-order valence-electron chi connectivity index (χ3n) is 10.8. The molecular weight excluding hydrogens is 661 g/mol. The number of nitrogens with zero attached hydrogens (tertiary/aromatic N) is 2. The Kier molecular flexibility index (Phi) is 6.76. The first-order valence-corrected chi connectivity index (χ1v) is 18.9. The number of fused-ring (bicyclic) bond motifs is 9. The van der Waals surface area contributed by atoms with E-state index in [1.54, 1.807) is 0 Å². The van der Waals surface area contributed by atoms with Gasteiger partial charge < -0.3 is 9.47 Å². The normalized spacial score (nSPS) is 11.8. The fourth-order valence-corrected chi connectivity index (χ4v) is 9.33. The van der Waals surface area contributed by atoms with Gasteiger partial charge in [0.1, 0.15) is 0 Å². The highest BCUT2D eigenvalue weighted by Gasteiger charge is 2.18. The Balaban J connectivity index is 1.06. The first-order chi connectivity index (χ1) is 26.3. The van der Waals surface area contributed by atoms with Gasteiger partial charge in [-0.25, -0.2) is 0 Å². The summed E-state index contributed by atoms with van der Waals surface area (Å²) >= 11 is 1.86. The van der Waals surface area contributed by atoms with E-state index in [4.69, 9.17) is 0 Å². The maximum Gasteiger partial charge on any atom is 0.0547 e. The Bertz CT molecular complexity index is 3170. The summed E-state index contributed by atoms with van der Waals surface area (Å²) in [5.74, 6) is 0. The van der Waals surface area contributed by atoms with E-state index in [0.717, 1.165) is 22.7 Å². The van der Waals surface area contributed by atoms with Crippen molar-refractivity contribution in [3.05, 3.63) is 194 Å². The molecule has 0 bridgehead atoms. The lowest BCUT2D eigenvalue weighted by Gasteiger charge is -2.26. The molecule has 0 unspecified atom stereocenters. The highest BCUT2D eigenvalue weighted by Crippen LogP contribution is 2.42. The minimum Gasteiger partial charge on any atom is -0.310 e. The van der Waals surface area contributed by atoms with E-state index in [0.29, 0.717) is 0 Å². The molecule has 53 heavy (non-hydrogen) atoms. The van der Waals surface area contributed by atoms with Crippen molar-refractivity contribution >= 4 is 91.9 Å². The molecule has 2 aromatic heterocycles. The molecular formula is C50H32N2S. The molecule has 2 nitrogen and oxygen atoms in total. The van der Waals surface area contributed by atoms with Gasteiger partial charge in [0, 0.05) is 53.7 Å². The van der Waals surface area contributed by atoms with Crippen molar-refractivity contribution in [1.82, 2.24) is 4.57 Å². The second-order valence-corrected chi connectivity index (χ2v) is 14.9. The zero-order valence-corrected chi connectivity index (χ0v) is 29.6. The molecule has 0 fully saturated rings. The Morgan fingerprint density at radius 2 is 0.962 bits per heavy atom. The molecule has 248 valence electrons. The molecule has 0 radical (unpaired) electrons. The lowest BCUT2D eigenvalue weighted by Crippen LogP contribution is -2.10. The minimum atomic E-state index is 1.11. The molecule has 0 saturated carbocycles. The van der Waals surface area contributed by atoms with Crippen LogP contribution < -0.4 is 4.90 Å². The van der Waals surface area contributed by atoms with Crippen LogP contribution in [0.4, 0.5) is 17.1 Å². The predicted molar refractivity (Wildman–Crippen MR) is 229 cm³/mol. The SMILES string of the molecule is c1ccc2cc(-c3ccc(N(c4ccc(-n5c6ccccc6c6c7ccccc7ccc65)cc4)c4ccc5sc6ccccc6c5c4)cc3)ccc2c1. The monoisotopic (exact) mass is 692 g/mol. The van der Waals surface area contributed by atoms with Crippen molar-refractivity contribution in [2.75, 3.05) is 4.90 Å². The van der Waals surface area contributed by atoms with Crippen LogP contribution in [-0.4, -0.2) is 4.57 Å². The van der Waals surface area contributed by atoms with E-state index in [1.165, 1.54) is 74.6 Å². The number of hydrogen-bond donors (Lipinski definition) is 0. The molecule has 9 aromatic carbocycles. The van der Waals surface area contributed by atoms with Gasteiger partial charge in [0.05, 0.1) is 11.0 Å². The van der Waals surface area contributed by atoms with E-state index in [2.05, 4.69) is 204 Å². The largest absolute Gasteiger partial charge is 0.310 e. The molecule has 11 aromatic rings. The van der Waals surface area contributed by atoms with Gasteiger partial charge in [-0.15, -0.1) is 11.3 Å². The van der Waals surface area contributed by atoms with E-state index in [1.807, 2.05) is 11.3 Å². The fourth-order valence-electron chi connectivity index (χ4n) is 8.24. The maximum atomic E-state index is 2.41. The molecule has 0 saturated heterocycles. The summed E-state index contributed by atoms with van der Waals surface area (Å²) < 4.78 is 5.03. The number of para-hydroxylation sites is 1. The Hall–Kier alpha value is -6.68. The maximum absolute atomic E-state index is 2.41. The van der Waals surface area contributed by atoms with Crippen molar-refractivity contribution in [1.29, 1.82) is 0 Å². The predicted octanol–water partition coefficient (Wildman–Crippen LogP) is 14.6. The summed E-state index contributed by atoms with van der Waals surface area (Å²) in [7, 11) is 0. The van der Waals surface area contributed by atoms with Gasteiger partial charge in [0.2, 0.25) is 0 Å². The average Bonchev–Trinajstić information content (AvgIpc) is 3.77. The molecule has 0 aliphatic carbocycles. The molecule has 3 heteroatoms. The van der Waals surface area contributed by atoms with Crippen LogP contribution in [0.25, 0.3) is 80.3 Å². The van der Waals surface area contributed by atoms with E-state index < -0.39 is 0 Å². The van der Waals surface area contributed by atoms with Gasteiger partial charge in [0.25, 0.3) is 0 Å². The first kappa shape index (κ1) is 30.0. The lowest BCUT2D eigenvalue weighted by molar-refractivity contribution is 1.17. The van der Waals surface area contributed by atoms with Crippen LogP contribution in [0.15, 0.2) is 194 Å².